The molecule has 2 aliphatic rings. The van der Waals surface area contributed by atoms with Gasteiger partial charge in [0.05, 0.1) is 22.4 Å². The van der Waals surface area contributed by atoms with E-state index in [0.29, 0.717) is 17.3 Å². The predicted octanol–water partition coefficient (Wildman–Crippen LogP) is 3.05. The third-order valence-corrected chi connectivity index (χ3v) is 5.90. The van der Waals surface area contributed by atoms with Crippen molar-refractivity contribution in [2.45, 2.75) is 19.1 Å². The van der Waals surface area contributed by atoms with Gasteiger partial charge in [0.15, 0.2) is 0 Å². The second-order valence-electron chi connectivity index (χ2n) is 6.39. The van der Waals surface area contributed by atoms with Crippen molar-refractivity contribution in [3.8, 4) is 0 Å². The Balaban J connectivity index is 1.35. The molecule has 1 unspecified atom stereocenters. The van der Waals surface area contributed by atoms with Crippen molar-refractivity contribution in [1.82, 2.24) is 5.32 Å². The molecule has 1 N–H and O–H groups in total. The predicted molar refractivity (Wildman–Crippen MR) is 107 cm³/mol. The lowest BCUT2D eigenvalue weighted by molar-refractivity contribution is -0.131. The summed E-state index contributed by atoms with van der Waals surface area (Å²) in [5, 5.41) is 7.03. The molecule has 1 aromatic heterocycles. The van der Waals surface area contributed by atoms with Crippen LogP contribution in [0.3, 0.4) is 0 Å². The molecular formula is C19H20ClN3O3S. The number of amides is 1. The van der Waals surface area contributed by atoms with E-state index in [1.807, 2.05) is 30.3 Å². The molecular weight excluding hydrogens is 386 g/mol. The number of hydrogen-bond acceptors (Lipinski definition) is 6. The van der Waals surface area contributed by atoms with Crippen LogP contribution in [-0.2, 0) is 20.9 Å². The Morgan fingerprint density at radius 1 is 1.26 bits per heavy atom. The van der Waals surface area contributed by atoms with Crippen LogP contribution in [0.1, 0.15) is 16.9 Å². The molecule has 0 aliphatic carbocycles. The smallest absolute Gasteiger partial charge is 0.264 e. The largest absolute Gasteiger partial charge is 0.382 e. The Morgan fingerprint density at radius 2 is 2.07 bits per heavy atom. The zero-order valence-corrected chi connectivity index (χ0v) is 16.3. The number of para-hydroxylation sites is 1. The molecule has 8 heteroatoms. The minimum Gasteiger partial charge on any atom is -0.382 e. The average molecular weight is 406 g/mol. The summed E-state index contributed by atoms with van der Waals surface area (Å²) in [7, 11) is 0. The molecule has 3 heterocycles. The third kappa shape index (κ3) is 4.26. The molecule has 2 aliphatic heterocycles. The molecule has 0 saturated carbocycles. The summed E-state index contributed by atoms with van der Waals surface area (Å²) in [6, 6.07) is 11.8. The zero-order chi connectivity index (χ0) is 18.6. The number of nitrogens with zero attached hydrogens (tertiary/aromatic N) is 2. The second-order valence-corrected chi connectivity index (χ2v) is 8.10. The van der Waals surface area contributed by atoms with Crippen LogP contribution in [0.25, 0.3) is 0 Å². The van der Waals surface area contributed by atoms with E-state index in [9.17, 15) is 4.79 Å². The molecule has 4 rings (SSSR count). The SMILES string of the molecule is O=C(NCc1ccccc1N1CCOCC1)C1CC(c2ccc(Cl)s2)=NO1. The van der Waals surface area contributed by atoms with E-state index in [2.05, 4.69) is 21.4 Å². The highest BCUT2D eigenvalue weighted by atomic mass is 35.5. The lowest BCUT2D eigenvalue weighted by Gasteiger charge is -2.30. The van der Waals surface area contributed by atoms with E-state index >= 15 is 0 Å². The number of hydrogen-bond donors (Lipinski definition) is 1. The van der Waals surface area contributed by atoms with Gasteiger partial charge in [0.1, 0.15) is 5.71 Å². The molecule has 27 heavy (non-hydrogen) atoms. The number of rotatable bonds is 5. The highest BCUT2D eigenvalue weighted by Crippen LogP contribution is 2.26. The van der Waals surface area contributed by atoms with Gasteiger partial charge in [0, 0.05) is 31.7 Å². The monoisotopic (exact) mass is 405 g/mol. The van der Waals surface area contributed by atoms with Gasteiger partial charge in [-0.25, -0.2) is 0 Å². The van der Waals surface area contributed by atoms with Crippen LogP contribution >= 0.6 is 22.9 Å². The van der Waals surface area contributed by atoms with Crippen LogP contribution in [0.4, 0.5) is 5.69 Å². The molecule has 1 fully saturated rings. The van der Waals surface area contributed by atoms with E-state index in [4.69, 9.17) is 21.2 Å². The zero-order valence-electron chi connectivity index (χ0n) is 14.7. The molecule has 1 amide bonds. The first kappa shape index (κ1) is 18.3. The maximum atomic E-state index is 12.5. The Labute approximate surface area is 166 Å². The number of nitrogens with one attached hydrogen (secondary N) is 1. The normalized spacial score (nSPS) is 19.5. The molecule has 1 saturated heterocycles. The quantitative estimate of drug-likeness (QED) is 0.830. The van der Waals surface area contributed by atoms with E-state index in [1.54, 1.807) is 0 Å². The Morgan fingerprint density at radius 3 is 2.85 bits per heavy atom. The van der Waals surface area contributed by atoms with Crippen LogP contribution in [0, 0.1) is 0 Å². The summed E-state index contributed by atoms with van der Waals surface area (Å²) in [5.74, 6) is -0.159. The summed E-state index contributed by atoms with van der Waals surface area (Å²) in [6.45, 7) is 3.62. The number of thiophene rings is 1. The highest BCUT2D eigenvalue weighted by Gasteiger charge is 2.29. The van der Waals surface area contributed by atoms with Crippen molar-refractivity contribution in [1.29, 1.82) is 0 Å². The maximum Gasteiger partial charge on any atom is 0.264 e. The van der Waals surface area contributed by atoms with Crippen molar-refractivity contribution >= 4 is 40.2 Å². The Bertz CT molecular complexity index is 848. The van der Waals surface area contributed by atoms with Crippen LogP contribution < -0.4 is 10.2 Å². The number of halogens is 1. The maximum absolute atomic E-state index is 12.5. The van der Waals surface area contributed by atoms with Gasteiger partial charge in [0.25, 0.3) is 5.91 Å². The van der Waals surface area contributed by atoms with Gasteiger partial charge in [0.2, 0.25) is 6.10 Å². The molecule has 0 radical (unpaired) electrons. The van der Waals surface area contributed by atoms with Crippen LogP contribution in [0.2, 0.25) is 4.34 Å². The standard InChI is InChI=1S/C19H20ClN3O3S/c20-18-6-5-17(27-18)14-11-16(26-22-14)19(24)21-12-13-3-1-2-4-15(13)23-7-9-25-10-8-23/h1-6,16H,7-12H2,(H,21,24). The van der Waals surface area contributed by atoms with E-state index < -0.39 is 6.10 Å². The van der Waals surface area contributed by atoms with E-state index in [1.165, 1.54) is 11.3 Å². The number of benzene rings is 1. The summed E-state index contributed by atoms with van der Waals surface area (Å²) >= 11 is 7.40. The number of ether oxygens (including phenoxy) is 1. The number of anilines is 1. The van der Waals surface area contributed by atoms with Crippen LogP contribution in [0.15, 0.2) is 41.6 Å². The van der Waals surface area contributed by atoms with E-state index in [-0.39, 0.29) is 5.91 Å². The summed E-state index contributed by atoms with van der Waals surface area (Å²) in [4.78, 5) is 21.1. The number of carbonyl (C=O) groups excluding carboxylic acids is 1. The fraction of sp³-hybridized carbons (Fsp3) is 0.368. The number of carbonyl (C=O) groups is 1. The molecule has 1 aromatic carbocycles. The first-order valence-corrected chi connectivity index (χ1v) is 10.1. The average Bonchev–Trinajstić information content (AvgIpc) is 3.36. The van der Waals surface area contributed by atoms with Crippen LogP contribution in [0.5, 0.6) is 0 Å². The van der Waals surface area contributed by atoms with Crippen molar-refractivity contribution in [3.63, 3.8) is 0 Å². The third-order valence-electron chi connectivity index (χ3n) is 4.62. The lowest BCUT2D eigenvalue weighted by atomic mass is 10.1. The summed E-state index contributed by atoms with van der Waals surface area (Å²) in [6.07, 6.45) is -0.148. The van der Waals surface area contributed by atoms with Gasteiger partial charge >= 0.3 is 0 Å². The molecule has 142 valence electrons. The topological polar surface area (TPSA) is 63.2 Å². The number of morpholine rings is 1. The van der Waals surface area contributed by atoms with Gasteiger partial charge < -0.3 is 19.8 Å². The minimum absolute atomic E-state index is 0.159. The van der Waals surface area contributed by atoms with Crippen molar-refractivity contribution in [2.75, 3.05) is 31.2 Å². The molecule has 0 bridgehead atoms. The minimum atomic E-state index is -0.601. The van der Waals surface area contributed by atoms with Gasteiger partial charge in [-0.15, -0.1) is 11.3 Å². The fourth-order valence-electron chi connectivity index (χ4n) is 3.20. The molecule has 2 aromatic rings. The molecule has 0 spiro atoms. The molecule has 6 nitrogen and oxygen atoms in total. The number of oxime groups is 1. The van der Waals surface area contributed by atoms with Crippen molar-refractivity contribution < 1.29 is 14.4 Å². The Kier molecular flexibility index (Phi) is 5.61. The van der Waals surface area contributed by atoms with Gasteiger partial charge in [-0.1, -0.05) is 35.0 Å². The Hall–Kier alpha value is -2.09. The fourth-order valence-corrected chi connectivity index (χ4v) is 4.24. The first-order valence-electron chi connectivity index (χ1n) is 8.87. The van der Waals surface area contributed by atoms with Crippen molar-refractivity contribution in [2.24, 2.45) is 5.16 Å². The van der Waals surface area contributed by atoms with Gasteiger partial charge in [-0.3, -0.25) is 4.79 Å². The summed E-state index contributed by atoms with van der Waals surface area (Å²) < 4.78 is 6.12. The highest BCUT2D eigenvalue weighted by molar-refractivity contribution is 7.18. The first-order chi connectivity index (χ1) is 13.2. The molecule has 1 atom stereocenters. The van der Waals surface area contributed by atoms with Gasteiger partial charge in [-0.2, -0.15) is 0 Å². The van der Waals surface area contributed by atoms with Crippen LogP contribution in [-0.4, -0.2) is 44.0 Å². The summed E-state index contributed by atoms with van der Waals surface area (Å²) in [5.41, 5.74) is 2.98. The van der Waals surface area contributed by atoms with Crippen molar-refractivity contribution in [3.05, 3.63) is 51.2 Å². The lowest BCUT2D eigenvalue weighted by Crippen LogP contribution is -2.38. The second kappa shape index (κ2) is 8.29. The van der Waals surface area contributed by atoms with E-state index in [0.717, 1.165) is 48.1 Å². The van der Waals surface area contributed by atoms with Gasteiger partial charge in [-0.05, 0) is 23.8 Å².